The highest BCUT2D eigenvalue weighted by molar-refractivity contribution is 5.83. The Morgan fingerprint density at radius 2 is 2.07 bits per heavy atom. The molecule has 3 rings (SSSR count). The van der Waals surface area contributed by atoms with Crippen LogP contribution in [0.2, 0.25) is 0 Å². The number of hydrogen-bond acceptors (Lipinski definition) is 3. The lowest BCUT2D eigenvalue weighted by molar-refractivity contribution is -0.151. The highest BCUT2D eigenvalue weighted by Crippen LogP contribution is 2.48. The normalized spacial score (nSPS) is 41.0. The Morgan fingerprint density at radius 3 is 2.86 bits per heavy atom. The van der Waals surface area contributed by atoms with Gasteiger partial charge >= 0.3 is 5.97 Å². The monoisotopic (exact) mass is 196 g/mol. The molecule has 0 amide bonds. The van der Waals surface area contributed by atoms with Crippen LogP contribution in [0.3, 0.4) is 0 Å². The van der Waals surface area contributed by atoms with Gasteiger partial charge in [-0.2, -0.15) is 0 Å². The van der Waals surface area contributed by atoms with E-state index in [9.17, 15) is 4.79 Å². The molecule has 3 heteroatoms. The van der Waals surface area contributed by atoms with Gasteiger partial charge in [0.1, 0.15) is 6.10 Å². The van der Waals surface area contributed by atoms with Gasteiger partial charge < -0.3 is 9.47 Å². The van der Waals surface area contributed by atoms with Crippen molar-refractivity contribution in [1.82, 2.24) is 0 Å². The molecule has 0 aromatic carbocycles. The number of carbonyl (C=O) groups is 1. The molecule has 1 aliphatic heterocycles. The molecule has 1 saturated heterocycles. The van der Waals surface area contributed by atoms with Gasteiger partial charge in [0, 0.05) is 0 Å². The Hall–Kier alpha value is -0.570. The Kier molecular flexibility index (Phi) is 1.84. The van der Waals surface area contributed by atoms with Crippen molar-refractivity contribution in [1.29, 1.82) is 0 Å². The quantitative estimate of drug-likeness (QED) is 0.499. The standard InChI is InChI=1S/C11H16O3/c12-10(13-8-5-6-8)11-7-3-1-2-4-9(11)14-11/h8-9H,1-7H2. The molecule has 3 aliphatic rings. The van der Waals surface area contributed by atoms with Crippen molar-refractivity contribution in [3.63, 3.8) is 0 Å². The number of rotatable bonds is 2. The first kappa shape index (κ1) is 8.72. The van der Waals surface area contributed by atoms with Crippen LogP contribution in [0.5, 0.6) is 0 Å². The first-order chi connectivity index (χ1) is 6.81. The zero-order valence-corrected chi connectivity index (χ0v) is 8.33. The summed E-state index contributed by atoms with van der Waals surface area (Å²) in [7, 11) is 0. The van der Waals surface area contributed by atoms with Crippen LogP contribution in [0.25, 0.3) is 0 Å². The van der Waals surface area contributed by atoms with Crippen LogP contribution in [-0.4, -0.2) is 23.8 Å². The van der Waals surface area contributed by atoms with Crippen LogP contribution in [0.1, 0.15) is 44.9 Å². The topological polar surface area (TPSA) is 38.8 Å². The Morgan fingerprint density at radius 1 is 1.21 bits per heavy atom. The number of carbonyl (C=O) groups excluding carboxylic acids is 1. The average Bonchev–Trinajstić information content (AvgIpc) is 2.96. The van der Waals surface area contributed by atoms with E-state index in [-0.39, 0.29) is 18.2 Å². The highest BCUT2D eigenvalue weighted by Gasteiger charge is 2.63. The fraction of sp³-hybridized carbons (Fsp3) is 0.909. The predicted molar refractivity (Wildman–Crippen MR) is 49.8 cm³/mol. The molecule has 2 saturated carbocycles. The molecule has 0 aromatic heterocycles. The van der Waals surface area contributed by atoms with E-state index in [4.69, 9.17) is 9.47 Å². The molecule has 0 bridgehead atoms. The maximum Gasteiger partial charge on any atom is 0.341 e. The van der Waals surface area contributed by atoms with E-state index < -0.39 is 5.60 Å². The van der Waals surface area contributed by atoms with E-state index in [0.29, 0.717) is 0 Å². The first-order valence-electron chi connectivity index (χ1n) is 5.70. The lowest BCUT2D eigenvalue weighted by Gasteiger charge is -2.10. The lowest BCUT2D eigenvalue weighted by atomic mass is 10.0. The van der Waals surface area contributed by atoms with Gasteiger partial charge in [0.25, 0.3) is 0 Å². The Bertz CT molecular complexity index is 259. The minimum atomic E-state index is -0.501. The second kappa shape index (κ2) is 2.96. The lowest BCUT2D eigenvalue weighted by Crippen LogP contribution is -2.29. The molecule has 2 atom stereocenters. The van der Waals surface area contributed by atoms with Gasteiger partial charge in [0.05, 0.1) is 6.10 Å². The van der Waals surface area contributed by atoms with Crippen LogP contribution in [-0.2, 0) is 14.3 Å². The second-order valence-electron chi connectivity index (χ2n) is 4.70. The van der Waals surface area contributed by atoms with Crippen LogP contribution in [0, 0.1) is 0 Å². The largest absolute Gasteiger partial charge is 0.460 e. The number of hydrogen-bond donors (Lipinski definition) is 0. The number of esters is 1. The fourth-order valence-electron chi connectivity index (χ4n) is 2.34. The maximum absolute atomic E-state index is 11.8. The van der Waals surface area contributed by atoms with Crippen molar-refractivity contribution in [3.8, 4) is 0 Å². The Labute approximate surface area is 83.8 Å². The molecular weight excluding hydrogens is 180 g/mol. The zero-order chi connectivity index (χ0) is 9.60. The number of ether oxygens (including phenoxy) is 2. The van der Waals surface area contributed by atoms with Crippen molar-refractivity contribution in [3.05, 3.63) is 0 Å². The molecule has 2 aliphatic carbocycles. The molecule has 0 spiro atoms. The third-order valence-electron chi connectivity index (χ3n) is 3.47. The van der Waals surface area contributed by atoms with E-state index >= 15 is 0 Å². The maximum atomic E-state index is 11.8. The van der Waals surface area contributed by atoms with E-state index in [1.54, 1.807) is 0 Å². The molecule has 0 aromatic rings. The molecule has 3 fully saturated rings. The summed E-state index contributed by atoms with van der Waals surface area (Å²) >= 11 is 0. The van der Waals surface area contributed by atoms with Gasteiger partial charge in [-0.1, -0.05) is 12.8 Å². The van der Waals surface area contributed by atoms with E-state index in [1.165, 1.54) is 12.8 Å². The van der Waals surface area contributed by atoms with Gasteiger partial charge in [-0.15, -0.1) is 0 Å². The molecular formula is C11H16O3. The fourth-order valence-corrected chi connectivity index (χ4v) is 2.34. The van der Waals surface area contributed by atoms with Crippen molar-refractivity contribution in [2.75, 3.05) is 0 Å². The van der Waals surface area contributed by atoms with Gasteiger partial charge in [0.15, 0.2) is 5.60 Å². The van der Waals surface area contributed by atoms with Crippen molar-refractivity contribution >= 4 is 5.97 Å². The smallest absolute Gasteiger partial charge is 0.341 e. The summed E-state index contributed by atoms with van der Waals surface area (Å²) < 4.78 is 10.9. The molecule has 3 nitrogen and oxygen atoms in total. The molecule has 0 N–H and O–H groups in total. The van der Waals surface area contributed by atoms with Crippen molar-refractivity contribution < 1.29 is 14.3 Å². The first-order valence-corrected chi connectivity index (χ1v) is 5.70. The third kappa shape index (κ3) is 1.34. The van der Waals surface area contributed by atoms with Crippen molar-refractivity contribution in [2.45, 2.75) is 62.8 Å². The summed E-state index contributed by atoms with van der Waals surface area (Å²) in [6.45, 7) is 0. The Balaban J connectivity index is 1.66. The minimum absolute atomic E-state index is 0.0769. The summed E-state index contributed by atoms with van der Waals surface area (Å²) in [6, 6.07) is 0. The highest BCUT2D eigenvalue weighted by atomic mass is 16.7. The van der Waals surface area contributed by atoms with Gasteiger partial charge in [-0.25, -0.2) is 4.79 Å². The summed E-state index contributed by atoms with van der Waals surface area (Å²) in [6.07, 6.45) is 7.95. The zero-order valence-electron chi connectivity index (χ0n) is 8.33. The number of epoxide rings is 1. The molecule has 1 heterocycles. The molecule has 14 heavy (non-hydrogen) atoms. The van der Waals surface area contributed by atoms with Crippen LogP contribution in [0.15, 0.2) is 0 Å². The van der Waals surface area contributed by atoms with Crippen molar-refractivity contribution in [2.24, 2.45) is 0 Å². The number of fused-ring (bicyclic) bond motifs is 1. The van der Waals surface area contributed by atoms with Gasteiger partial charge in [-0.05, 0) is 32.1 Å². The SMILES string of the molecule is O=C(OC1CC1)C12CCCCCC1O2. The van der Waals surface area contributed by atoms with Gasteiger partial charge in [-0.3, -0.25) is 0 Å². The minimum Gasteiger partial charge on any atom is -0.460 e. The summed E-state index contributed by atoms with van der Waals surface area (Å²) in [5.41, 5.74) is -0.501. The van der Waals surface area contributed by atoms with E-state index in [0.717, 1.165) is 32.1 Å². The summed E-state index contributed by atoms with van der Waals surface area (Å²) in [5, 5.41) is 0. The predicted octanol–water partition coefficient (Wildman–Crippen LogP) is 1.79. The van der Waals surface area contributed by atoms with E-state index in [2.05, 4.69) is 0 Å². The summed E-state index contributed by atoms with van der Waals surface area (Å²) in [4.78, 5) is 11.8. The molecule has 2 unspecified atom stereocenters. The van der Waals surface area contributed by atoms with Crippen LogP contribution >= 0.6 is 0 Å². The third-order valence-corrected chi connectivity index (χ3v) is 3.47. The van der Waals surface area contributed by atoms with E-state index in [1.807, 2.05) is 0 Å². The molecule has 0 radical (unpaired) electrons. The average molecular weight is 196 g/mol. The second-order valence-corrected chi connectivity index (χ2v) is 4.70. The van der Waals surface area contributed by atoms with Crippen LogP contribution < -0.4 is 0 Å². The van der Waals surface area contributed by atoms with Crippen LogP contribution in [0.4, 0.5) is 0 Å². The summed E-state index contributed by atoms with van der Waals surface area (Å²) in [5.74, 6) is -0.0769. The van der Waals surface area contributed by atoms with Gasteiger partial charge in [0.2, 0.25) is 0 Å². The molecule has 78 valence electrons.